The van der Waals surface area contributed by atoms with Gasteiger partial charge in [0, 0.05) is 23.7 Å². The molecule has 0 atom stereocenters. The zero-order valence-electron chi connectivity index (χ0n) is 9.48. The minimum Gasteiger partial charge on any atom is -0.294 e. The molecule has 1 aromatic carbocycles. The van der Waals surface area contributed by atoms with Crippen LogP contribution < -0.4 is 0 Å². The molecule has 0 unspecified atom stereocenters. The fourth-order valence-corrected chi connectivity index (χ4v) is 1.62. The number of hydrogen-bond donors (Lipinski definition) is 0. The molecule has 0 amide bonds. The van der Waals surface area contributed by atoms with Crippen LogP contribution in [0.25, 0.3) is 11.3 Å². The Kier molecular flexibility index (Phi) is 3.28. The summed E-state index contributed by atoms with van der Waals surface area (Å²) in [4.78, 5) is 15.7. The molecular weight excluding hydrogens is 217 g/mol. The van der Waals surface area contributed by atoms with Crippen molar-refractivity contribution < 1.29 is 9.18 Å². The first-order valence-corrected chi connectivity index (χ1v) is 5.46. The van der Waals surface area contributed by atoms with Gasteiger partial charge in [-0.05, 0) is 24.3 Å². The fraction of sp³-hybridized carbons (Fsp3) is 0.143. The number of rotatable bonds is 3. The second-order valence-electron chi connectivity index (χ2n) is 3.69. The Bertz CT molecular complexity index is 551. The van der Waals surface area contributed by atoms with Crippen molar-refractivity contribution in [1.29, 1.82) is 0 Å². The molecule has 0 saturated carbocycles. The smallest absolute Gasteiger partial charge is 0.162 e. The van der Waals surface area contributed by atoms with E-state index in [-0.39, 0.29) is 11.6 Å². The molecule has 0 aliphatic carbocycles. The van der Waals surface area contributed by atoms with Crippen molar-refractivity contribution in [2.45, 2.75) is 13.3 Å². The van der Waals surface area contributed by atoms with Crippen LogP contribution >= 0.6 is 0 Å². The maximum atomic E-state index is 13.6. The van der Waals surface area contributed by atoms with Gasteiger partial charge < -0.3 is 0 Å². The van der Waals surface area contributed by atoms with Crippen LogP contribution in [0, 0.1) is 5.82 Å². The van der Waals surface area contributed by atoms with Gasteiger partial charge in [0.05, 0.1) is 5.69 Å². The third kappa shape index (κ3) is 2.38. The lowest BCUT2D eigenvalue weighted by atomic mass is 10.1. The fourth-order valence-electron chi connectivity index (χ4n) is 1.62. The summed E-state index contributed by atoms with van der Waals surface area (Å²) < 4.78 is 13.6. The van der Waals surface area contributed by atoms with Gasteiger partial charge in [-0.15, -0.1) is 0 Å². The first kappa shape index (κ1) is 11.5. The largest absolute Gasteiger partial charge is 0.294 e. The summed E-state index contributed by atoms with van der Waals surface area (Å²) in [6.45, 7) is 1.80. The molecule has 0 radical (unpaired) electrons. The second kappa shape index (κ2) is 4.87. The Morgan fingerprint density at radius 1 is 1.29 bits per heavy atom. The summed E-state index contributed by atoms with van der Waals surface area (Å²) in [5.74, 6) is -0.300. The van der Waals surface area contributed by atoms with Crippen molar-refractivity contribution >= 4 is 5.78 Å². The molecule has 1 heterocycles. The van der Waals surface area contributed by atoms with Gasteiger partial charge in [0.25, 0.3) is 0 Å². The summed E-state index contributed by atoms with van der Waals surface area (Å²) in [5, 5.41) is 0. The number of ketones is 1. The first-order valence-electron chi connectivity index (χ1n) is 5.46. The number of Topliss-reactive ketones (excluding diaryl/α,β-unsaturated/α-hetero) is 1. The van der Waals surface area contributed by atoms with Crippen LogP contribution in [0.1, 0.15) is 23.7 Å². The maximum absolute atomic E-state index is 13.6. The molecule has 2 rings (SSSR count). The van der Waals surface area contributed by atoms with Crippen LogP contribution in [-0.4, -0.2) is 10.8 Å². The van der Waals surface area contributed by atoms with Gasteiger partial charge in [0.15, 0.2) is 5.78 Å². The monoisotopic (exact) mass is 229 g/mol. The number of carbonyl (C=O) groups is 1. The van der Waals surface area contributed by atoms with Crippen LogP contribution in [0.4, 0.5) is 4.39 Å². The molecule has 3 heteroatoms. The number of carbonyl (C=O) groups excluding carboxylic acids is 1. The van der Waals surface area contributed by atoms with E-state index in [0.717, 1.165) is 0 Å². The molecule has 0 saturated heterocycles. The van der Waals surface area contributed by atoms with Crippen LogP contribution in [0.15, 0.2) is 42.6 Å². The van der Waals surface area contributed by atoms with E-state index in [4.69, 9.17) is 0 Å². The molecule has 0 N–H and O–H groups in total. The number of aromatic nitrogens is 1. The third-order valence-corrected chi connectivity index (χ3v) is 2.55. The van der Waals surface area contributed by atoms with Crippen LogP contribution in [-0.2, 0) is 0 Å². The molecule has 2 nitrogen and oxygen atoms in total. The SMILES string of the molecule is CCC(=O)c1ccnc(-c2ccccc2F)c1. The highest BCUT2D eigenvalue weighted by Gasteiger charge is 2.08. The van der Waals surface area contributed by atoms with Gasteiger partial charge >= 0.3 is 0 Å². The molecular formula is C14H12FNO. The van der Waals surface area contributed by atoms with E-state index in [9.17, 15) is 9.18 Å². The number of pyridine rings is 1. The summed E-state index contributed by atoms with van der Waals surface area (Å²) >= 11 is 0. The molecule has 0 aliphatic heterocycles. The number of nitrogens with zero attached hydrogens (tertiary/aromatic N) is 1. The van der Waals surface area contributed by atoms with Gasteiger partial charge in [-0.25, -0.2) is 4.39 Å². The predicted octanol–water partition coefficient (Wildman–Crippen LogP) is 3.48. The summed E-state index contributed by atoms with van der Waals surface area (Å²) in [6.07, 6.45) is 1.96. The van der Waals surface area contributed by atoms with Crippen LogP contribution in [0.3, 0.4) is 0 Å². The first-order chi connectivity index (χ1) is 8.22. The Morgan fingerprint density at radius 2 is 2.06 bits per heavy atom. The van der Waals surface area contributed by atoms with Gasteiger partial charge in [-0.2, -0.15) is 0 Å². The van der Waals surface area contributed by atoms with Crippen molar-refractivity contribution in [3.05, 3.63) is 54.0 Å². The highest BCUT2D eigenvalue weighted by Crippen LogP contribution is 2.21. The topological polar surface area (TPSA) is 30.0 Å². The minimum atomic E-state index is -0.332. The molecule has 0 fully saturated rings. The van der Waals surface area contributed by atoms with Crippen molar-refractivity contribution in [2.75, 3.05) is 0 Å². The Labute approximate surface area is 99.1 Å². The third-order valence-electron chi connectivity index (χ3n) is 2.55. The zero-order chi connectivity index (χ0) is 12.3. The summed E-state index contributed by atoms with van der Waals surface area (Å²) in [7, 11) is 0. The van der Waals surface area contributed by atoms with E-state index >= 15 is 0 Å². The van der Waals surface area contributed by atoms with E-state index in [0.29, 0.717) is 23.2 Å². The molecule has 0 spiro atoms. The maximum Gasteiger partial charge on any atom is 0.162 e. The minimum absolute atomic E-state index is 0.0324. The highest BCUT2D eigenvalue weighted by atomic mass is 19.1. The zero-order valence-corrected chi connectivity index (χ0v) is 9.48. The van der Waals surface area contributed by atoms with Crippen molar-refractivity contribution in [2.24, 2.45) is 0 Å². The van der Waals surface area contributed by atoms with Crippen molar-refractivity contribution in [3.63, 3.8) is 0 Å². The predicted molar refractivity (Wildman–Crippen MR) is 64.3 cm³/mol. The number of halogens is 1. The van der Waals surface area contributed by atoms with E-state index < -0.39 is 0 Å². The lowest BCUT2D eigenvalue weighted by molar-refractivity contribution is 0.0988. The van der Waals surface area contributed by atoms with Gasteiger partial charge in [-0.1, -0.05) is 19.1 Å². The summed E-state index contributed by atoms with van der Waals surface area (Å²) in [5.41, 5.74) is 1.47. The van der Waals surface area contributed by atoms with Crippen LogP contribution in [0.5, 0.6) is 0 Å². The Hall–Kier alpha value is -2.03. The lowest BCUT2D eigenvalue weighted by Crippen LogP contribution is -1.98. The van der Waals surface area contributed by atoms with Gasteiger partial charge in [0.1, 0.15) is 5.82 Å². The molecule has 1 aromatic heterocycles. The van der Waals surface area contributed by atoms with E-state index in [2.05, 4.69) is 4.98 Å². The molecule has 0 bridgehead atoms. The van der Waals surface area contributed by atoms with Gasteiger partial charge in [0.2, 0.25) is 0 Å². The van der Waals surface area contributed by atoms with Crippen LogP contribution in [0.2, 0.25) is 0 Å². The van der Waals surface area contributed by atoms with E-state index in [1.165, 1.54) is 12.3 Å². The van der Waals surface area contributed by atoms with Crippen molar-refractivity contribution in [3.8, 4) is 11.3 Å². The molecule has 17 heavy (non-hydrogen) atoms. The number of benzene rings is 1. The standard InChI is InChI=1S/C14H12FNO/c1-2-14(17)10-7-8-16-13(9-10)11-5-3-4-6-12(11)15/h3-9H,2H2,1H3. The molecule has 86 valence electrons. The van der Waals surface area contributed by atoms with E-state index in [1.54, 1.807) is 37.3 Å². The average Bonchev–Trinajstić information content (AvgIpc) is 2.38. The highest BCUT2D eigenvalue weighted by molar-refractivity contribution is 5.96. The Balaban J connectivity index is 2.47. The van der Waals surface area contributed by atoms with Gasteiger partial charge in [-0.3, -0.25) is 9.78 Å². The average molecular weight is 229 g/mol. The second-order valence-corrected chi connectivity index (χ2v) is 3.69. The molecule has 0 aliphatic rings. The Morgan fingerprint density at radius 3 is 2.76 bits per heavy atom. The quantitative estimate of drug-likeness (QED) is 0.754. The van der Waals surface area contributed by atoms with E-state index in [1.807, 2.05) is 0 Å². The summed E-state index contributed by atoms with van der Waals surface area (Å²) in [6, 6.07) is 9.68. The number of hydrogen-bond acceptors (Lipinski definition) is 2. The normalized spacial score (nSPS) is 10.2. The lowest BCUT2D eigenvalue weighted by Gasteiger charge is -2.04. The molecule has 2 aromatic rings. The van der Waals surface area contributed by atoms with Crippen molar-refractivity contribution in [1.82, 2.24) is 4.98 Å².